The van der Waals surface area contributed by atoms with Crippen molar-refractivity contribution in [1.82, 2.24) is 4.98 Å². The number of nitrogen functional groups attached to an aromatic ring is 1. The summed E-state index contributed by atoms with van der Waals surface area (Å²) in [5, 5.41) is 0. The zero-order valence-corrected chi connectivity index (χ0v) is 15.2. The average molecular weight is 369 g/mol. The molecule has 1 aliphatic heterocycles. The van der Waals surface area contributed by atoms with E-state index in [4.69, 9.17) is 15.2 Å². The molecule has 2 heterocycles. The summed E-state index contributed by atoms with van der Waals surface area (Å²) < 4.78 is 10.1. The first-order valence-electron chi connectivity index (χ1n) is 8.35. The van der Waals surface area contributed by atoms with Crippen molar-refractivity contribution < 1.29 is 23.9 Å². The van der Waals surface area contributed by atoms with Gasteiger partial charge in [-0.3, -0.25) is 14.5 Å². The molecule has 0 bridgehead atoms. The lowest BCUT2D eigenvalue weighted by molar-refractivity contribution is -0.114. The van der Waals surface area contributed by atoms with Gasteiger partial charge >= 0.3 is 11.9 Å². The molecule has 8 heteroatoms. The molecule has 1 aromatic carbocycles. The van der Waals surface area contributed by atoms with Crippen LogP contribution in [0.5, 0.6) is 5.75 Å². The highest BCUT2D eigenvalue weighted by atomic mass is 16.5. The number of aromatic nitrogens is 1. The number of pyridine rings is 1. The Kier molecular flexibility index (Phi) is 4.81. The summed E-state index contributed by atoms with van der Waals surface area (Å²) in [4.78, 5) is 42.7. The predicted octanol–water partition coefficient (Wildman–Crippen LogP) is 1.89. The zero-order valence-electron chi connectivity index (χ0n) is 15.2. The molecule has 0 saturated carbocycles. The fourth-order valence-corrected chi connectivity index (χ4v) is 2.98. The van der Waals surface area contributed by atoms with Crippen molar-refractivity contribution in [3.05, 3.63) is 46.6 Å². The van der Waals surface area contributed by atoms with Gasteiger partial charge < -0.3 is 15.2 Å². The summed E-state index contributed by atoms with van der Waals surface area (Å²) in [6.45, 7) is 3.55. The highest BCUT2D eigenvalue weighted by Gasteiger charge is 2.41. The molecule has 2 N–H and O–H groups in total. The summed E-state index contributed by atoms with van der Waals surface area (Å²) in [7, 11) is 1.56. The Morgan fingerprint density at radius 3 is 2.48 bits per heavy atom. The monoisotopic (exact) mass is 369 g/mol. The molecule has 0 atom stereocenters. The number of esters is 1. The molecule has 1 aliphatic rings. The van der Waals surface area contributed by atoms with Crippen molar-refractivity contribution in [1.29, 1.82) is 0 Å². The number of Topliss-reactive ketones (excluding diaryl/α,β-unsaturated/α-hetero) is 1. The number of ether oxygens (including phenoxy) is 2. The van der Waals surface area contributed by atoms with Gasteiger partial charge in [-0.05, 0) is 31.5 Å². The SMILES string of the molecule is CCOC(=O)c1c(C)nc2c(c1N)C(=O)C(=O)N2Cc1ccc(OC)cc1. The van der Waals surface area contributed by atoms with E-state index in [-0.39, 0.29) is 35.8 Å². The number of fused-ring (bicyclic) bond motifs is 1. The Morgan fingerprint density at radius 2 is 1.89 bits per heavy atom. The number of ketones is 1. The summed E-state index contributed by atoms with van der Waals surface area (Å²) >= 11 is 0. The van der Waals surface area contributed by atoms with Gasteiger partial charge in [0, 0.05) is 0 Å². The molecular formula is C19H19N3O5. The van der Waals surface area contributed by atoms with E-state index in [2.05, 4.69) is 4.98 Å². The van der Waals surface area contributed by atoms with Crippen molar-refractivity contribution >= 4 is 29.2 Å². The van der Waals surface area contributed by atoms with E-state index in [0.717, 1.165) is 5.56 Å². The smallest absolute Gasteiger partial charge is 0.342 e. The third-order valence-corrected chi connectivity index (χ3v) is 4.30. The van der Waals surface area contributed by atoms with Crippen LogP contribution in [0.4, 0.5) is 11.5 Å². The van der Waals surface area contributed by atoms with Crippen molar-refractivity contribution in [2.45, 2.75) is 20.4 Å². The summed E-state index contributed by atoms with van der Waals surface area (Å²) in [6.07, 6.45) is 0. The van der Waals surface area contributed by atoms with Crippen molar-refractivity contribution in [2.75, 3.05) is 24.4 Å². The number of anilines is 2. The largest absolute Gasteiger partial charge is 0.497 e. The lowest BCUT2D eigenvalue weighted by Crippen LogP contribution is -2.29. The van der Waals surface area contributed by atoms with Gasteiger partial charge in [0.1, 0.15) is 17.1 Å². The van der Waals surface area contributed by atoms with E-state index in [0.29, 0.717) is 11.4 Å². The van der Waals surface area contributed by atoms with Crippen molar-refractivity contribution in [3.8, 4) is 5.75 Å². The first-order chi connectivity index (χ1) is 12.9. The molecule has 3 rings (SSSR count). The summed E-state index contributed by atoms with van der Waals surface area (Å²) in [5.74, 6) is -1.35. The molecular weight excluding hydrogens is 350 g/mol. The average Bonchev–Trinajstić information content (AvgIpc) is 2.87. The molecule has 0 saturated heterocycles. The number of amides is 1. The van der Waals surface area contributed by atoms with Gasteiger partial charge in [-0.1, -0.05) is 12.1 Å². The van der Waals surface area contributed by atoms with Crippen LogP contribution in [-0.4, -0.2) is 36.4 Å². The molecule has 0 radical (unpaired) electrons. The van der Waals surface area contributed by atoms with E-state index in [1.54, 1.807) is 45.2 Å². The lowest BCUT2D eigenvalue weighted by Gasteiger charge is -2.17. The quantitative estimate of drug-likeness (QED) is 0.632. The second-order valence-corrected chi connectivity index (χ2v) is 5.97. The number of carbonyl (C=O) groups excluding carboxylic acids is 3. The van der Waals surface area contributed by atoms with E-state index in [1.807, 2.05) is 0 Å². The maximum absolute atomic E-state index is 12.5. The van der Waals surface area contributed by atoms with Gasteiger partial charge in [0.15, 0.2) is 0 Å². The molecule has 1 aromatic heterocycles. The maximum Gasteiger partial charge on any atom is 0.342 e. The third kappa shape index (κ3) is 3.10. The van der Waals surface area contributed by atoms with Crippen LogP contribution in [-0.2, 0) is 16.1 Å². The number of rotatable bonds is 5. The Morgan fingerprint density at radius 1 is 1.22 bits per heavy atom. The van der Waals surface area contributed by atoms with Crippen LogP contribution in [0.3, 0.4) is 0 Å². The van der Waals surface area contributed by atoms with Gasteiger partial charge in [-0.2, -0.15) is 0 Å². The second-order valence-electron chi connectivity index (χ2n) is 5.97. The maximum atomic E-state index is 12.5. The van der Waals surface area contributed by atoms with Gasteiger partial charge in [-0.25, -0.2) is 9.78 Å². The van der Waals surface area contributed by atoms with Crippen LogP contribution in [0.25, 0.3) is 0 Å². The van der Waals surface area contributed by atoms with E-state index >= 15 is 0 Å². The van der Waals surface area contributed by atoms with E-state index < -0.39 is 17.7 Å². The van der Waals surface area contributed by atoms with Crippen LogP contribution in [0, 0.1) is 6.92 Å². The molecule has 0 spiro atoms. The Balaban J connectivity index is 2.03. The number of carbonyl (C=O) groups is 3. The molecule has 27 heavy (non-hydrogen) atoms. The number of methoxy groups -OCH3 is 1. The highest BCUT2D eigenvalue weighted by Crippen LogP contribution is 2.36. The van der Waals surface area contributed by atoms with Crippen LogP contribution < -0.4 is 15.4 Å². The number of benzene rings is 1. The molecule has 1 amide bonds. The van der Waals surface area contributed by atoms with Gasteiger partial charge in [0.2, 0.25) is 0 Å². The fraction of sp³-hybridized carbons (Fsp3) is 0.263. The first kappa shape index (κ1) is 18.4. The van der Waals surface area contributed by atoms with Crippen LogP contribution in [0.1, 0.15) is 38.9 Å². The Labute approximate surface area is 155 Å². The van der Waals surface area contributed by atoms with Crippen molar-refractivity contribution in [2.24, 2.45) is 0 Å². The van der Waals surface area contributed by atoms with E-state index in [1.165, 1.54) is 4.90 Å². The topological polar surface area (TPSA) is 112 Å². The minimum atomic E-state index is -0.783. The fourth-order valence-electron chi connectivity index (χ4n) is 2.98. The van der Waals surface area contributed by atoms with Crippen LogP contribution in [0.15, 0.2) is 24.3 Å². The number of hydrogen-bond acceptors (Lipinski definition) is 7. The van der Waals surface area contributed by atoms with Gasteiger partial charge in [0.25, 0.3) is 5.78 Å². The minimum Gasteiger partial charge on any atom is -0.497 e. The predicted molar refractivity (Wildman–Crippen MR) is 97.9 cm³/mol. The third-order valence-electron chi connectivity index (χ3n) is 4.30. The normalized spacial score (nSPS) is 12.9. The molecule has 140 valence electrons. The standard InChI is InChI=1S/C19H19N3O5/c1-4-27-19(25)13-10(2)21-17-14(15(13)20)16(23)18(24)22(17)9-11-5-7-12(26-3)8-6-11/h5-8H,4,9H2,1-3H3,(H2,20,21). The van der Waals surface area contributed by atoms with Gasteiger partial charge in [-0.15, -0.1) is 0 Å². The highest BCUT2D eigenvalue weighted by molar-refractivity contribution is 6.53. The summed E-state index contributed by atoms with van der Waals surface area (Å²) in [6, 6.07) is 7.10. The summed E-state index contributed by atoms with van der Waals surface area (Å²) in [5.41, 5.74) is 7.03. The van der Waals surface area contributed by atoms with Gasteiger partial charge in [0.05, 0.1) is 37.2 Å². The molecule has 8 nitrogen and oxygen atoms in total. The molecule has 2 aromatic rings. The first-order valence-corrected chi connectivity index (χ1v) is 8.35. The van der Waals surface area contributed by atoms with E-state index in [9.17, 15) is 14.4 Å². The number of hydrogen-bond donors (Lipinski definition) is 1. The molecule has 0 fully saturated rings. The Bertz CT molecular complexity index is 937. The molecule has 0 aliphatic carbocycles. The Hall–Kier alpha value is -3.42. The number of nitrogens with two attached hydrogens (primary N) is 1. The second kappa shape index (κ2) is 7.06. The lowest BCUT2D eigenvalue weighted by atomic mass is 10.1. The number of aryl methyl sites for hydroxylation is 1. The zero-order chi connectivity index (χ0) is 19.7. The number of nitrogens with zero attached hydrogens (tertiary/aromatic N) is 2. The van der Waals surface area contributed by atoms with Crippen LogP contribution >= 0.6 is 0 Å². The van der Waals surface area contributed by atoms with Crippen molar-refractivity contribution in [3.63, 3.8) is 0 Å². The minimum absolute atomic E-state index is 0.0167. The van der Waals surface area contributed by atoms with Crippen LogP contribution in [0.2, 0.25) is 0 Å². The molecule has 0 unspecified atom stereocenters.